The summed E-state index contributed by atoms with van der Waals surface area (Å²) in [6, 6.07) is 3.22. The summed E-state index contributed by atoms with van der Waals surface area (Å²) in [6.45, 7) is 4.80. The van der Waals surface area contributed by atoms with Gasteiger partial charge in [0.15, 0.2) is 0 Å². The van der Waals surface area contributed by atoms with Crippen molar-refractivity contribution in [3.05, 3.63) is 18.3 Å². The van der Waals surface area contributed by atoms with E-state index < -0.39 is 10.0 Å². The molecular weight excluding hydrogens is 262 g/mol. The summed E-state index contributed by atoms with van der Waals surface area (Å²) >= 11 is 0. The molecule has 0 radical (unpaired) electrons. The molecule has 1 aliphatic carbocycles. The first kappa shape index (κ1) is 14.3. The average Bonchev–Trinajstić information content (AvgIpc) is 3.18. The highest BCUT2D eigenvalue weighted by atomic mass is 32.2. The summed E-state index contributed by atoms with van der Waals surface area (Å²) in [5.74, 6) is 1.15. The molecule has 0 unspecified atom stereocenters. The predicted molar refractivity (Wildman–Crippen MR) is 75.5 cm³/mol. The lowest BCUT2D eigenvalue weighted by atomic mass is 9.93. The minimum Gasteiger partial charge on any atom is -0.373 e. The molecule has 1 saturated carbocycles. The van der Waals surface area contributed by atoms with Crippen molar-refractivity contribution in [1.82, 2.24) is 9.71 Å². The SMILES string of the molecule is CNc1ccc(S(=O)(=O)NCC2(C(C)C)CC2)cn1. The number of pyridine rings is 1. The molecule has 0 aromatic carbocycles. The van der Waals surface area contributed by atoms with Crippen LogP contribution in [0.25, 0.3) is 0 Å². The van der Waals surface area contributed by atoms with Gasteiger partial charge in [-0.05, 0) is 36.3 Å². The van der Waals surface area contributed by atoms with Crippen LogP contribution in [0.2, 0.25) is 0 Å². The quantitative estimate of drug-likeness (QED) is 0.835. The van der Waals surface area contributed by atoms with Gasteiger partial charge in [0.25, 0.3) is 0 Å². The van der Waals surface area contributed by atoms with E-state index in [2.05, 4.69) is 28.9 Å². The molecule has 1 aromatic rings. The third-order valence-corrected chi connectivity index (χ3v) is 5.42. The highest BCUT2D eigenvalue weighted by molar-refractivity contribution is 7.89. The van der Waals surface area contributed by atoms with Crippen LogP contribution in [0.5, 0.6) is 0 Å². The summed E-state index contributed by atoms with van der Waals surface area (Å²) in [4.78, 5) is 4.24. The van der Waals surface area contributed by atoms with Gasteiger partial charge in [0.2, 0.25) is 10.0 Å². The Morgan fingerprint density at radius 2 is 2.05 bits per heavy atom. The standard InChI is InChI=1S/C13H21N3O2S/c1-10(2)13(6-7-13)9-16-19(17,18)11-4-5-12(14-3)15-8-11/h4-5,8,10,16H,6-7,9H2,1-3H3,(H,14,15). The van der Waals surface area contributed by atoms with Crippen molar-refractivity contribution in [2.45, 2.75) is 31.6 Å². The van der Waals surface area contributed by atoms with Crippen molar-refractivity contribution < 1.29 is 8.42 Å². The van der Waals surface area contributed by atoms with Gasteiger partial charge >= 0.3 is 0 Å². The molecule has 5 nitrogen and oxygen atoms in total. The maximum Gasteiger partial charge on any atom is 0.242 e. The lowest BCUT2D eigenvalue weighted by molar-refractivity contribution is 0.357. The molecule has 0 amide bonds. The van der Waals surface area contributed by atoms with Gasteiger partial charge in [-0.25, -0.2) is 18.1 Å². The van der Waals surface area contributed by atoms with Crippen molar-refractivity contribution in [1.29, 1.82) is 0 Å². The highest BCUT2D eigenvalue weighted by Gasteiger charge is 2.45. The lowest BCUT2D eigenvalue weighted by Crippen LogP contribution is -2.32. The van der Waals surface area contributed by atoms with Gasteiger partial charge in [0, 0.05) is 19.8 Å². The van der Waals surface area contributed by atoms with Crippen LogP contribution in [0, 0.1) is 11.3 Å². The Morgan fingerprint density at radius 3 is 2.47 bits per heavy atom. The smallest absolute Gasteiger partial charge is 0.242 e. The Bertz CT molecular complexity index is 534. The second-order valence-electron chi connectivity index (χ2n) is 5.47. The van der Waals surface area contributed by atoms with E-state index >= 15 is 0 Å². The maximum atomic E-state index is 12.2. The van der Waals surface area contributed by atoms with E-state index in [0.29, 0.717) is 18.3 Å². The molecule has 0 atom stereocenters. The van der Waals surface area contributed by atoms with Gasteiger partial charge in [0.1, 0.15) is 10.7 Å². The van der Waals surface area contributed by atoms with Gasteiger partial charge in [-0.1, -0.05) is 13.8 Å². The van der Waals surface area contributed by atoms with E-state index in [4.69, 9.17) is 0 Å². The fraction of sp³-hybridized carbons (Fsp3) is 0.615. The summed E-state index contributed by atoms with van der Waals surface area (Å²) in [5, 5.41) is 2.86. The molecule has 1 fully saturated rings. The van der Waals surface area contributed by atoms with Gasteiger partial charge in [0.05, 0.1) is 0 Å². The molecule has 0 saturated heterocycles. The minimum atomic E-state index is -3.45. The van der Waals surface area contributed by atoms with Crippen LogP contribution >= 0.6 is 0 Å². The van der Waals surface area contributed by atoms with Crippen molar-refractivity contribution >= 4 is 15.8 Å². The van der Waals surface area contributed by atoms with Crippen LogP contribution in [0.15, 0.2) is 23.2 Å². The van der Waals surface area contributed by atoms with E-state index in [-0.39, 0.29) is 10.3 Å². The summed E-state index contributed by atoms with van der Waals surface area (Å²) in [6.07, 6.45) is 3.58. The second kappa shape index (κ2) is 5.09. The number of anilines is 1. The van der Waals surface area contributed by atoms with Crippen molar-refractivity contribution in [3.63, 3.8) is 0 Å². The molecule has 0 bridgehead atoms. The van der Waals surface area contributed by atoms with E-state index in [0.717, 1.165) is 12.8 Å². The molecule has 1 aliphatic rings. The summed E-state index contributed by atoms with van der Waals surface area (Å²) < 4.78 is 27.0. The first-order chi connectivity index (χ1) is 8.89. The summed E-state index contributed by atoms with van der Waals surface area (Å²) in [7, 11) is -1.71. The maximum absolute atomic E-state index is 12.2. The van der Waals surface area contributed by atoms with Gasteiger partial charge in [-0.3, -0.25) is 0 Å². The first-order valence-corrected chi connectivity index (χ1v) is 8.01. The molecule has 2 N–H and O–H groups in total. The van der Waals surface area contributed by atoms with Crippen LogP contribution in [-0.2, 0) is 10.0 Å². The number of sulfonamides is 1. The largest absolute Gasteiger partial charge is 0.373 e. The molecular formula is C13H21N3O2S. The monoisotopic (exact) mass is 283 g/mol. The van der Waals surface area contributed by atoms with Crippen LogP contribution in [0.3, 0.4) is 0 Å². The van der Waals surface area contributed by atoms with Gasteiger partial charge in [-0.15, -0.1) is 0 Å². The van der Waals surface area contributed by atoms with Crippen LogP contribution in [-0.4, -0.2) is 27.0 Å². The molecule has 2 rings (SSSR count). The van der Waals surface area contributed by atoms with Crippen molar-refractivity contribution in [2.24, 2.45) is 11.3 Å². The minimum absolute atomic E-state index is 0.158. The number of hydrogen-bond acceptors (Lipinski definition) is 4. The highest BCUT2D eigenvalue weighted by Crippen LogP contribution is 2.51. The predicted octanol–water partition coefficient (Wildman–Crippen LogP) is 1.84. The fourth-order valence-electron chi connectivity index (χ4n) is 2.13. The number of aromatic nitrogens is 1. The Labute approximate surface area is 114 Å². The molecule has 0 aliphatic heterocycles. The number of rotatable bonds is 6. The normalized spacial score (nSPS) is 17.5. The number of nitrogens with zero attached hydrogens (tertiary/aromatic N) is 1. The van der Waals surface area contributed by atoms with Crippen LogP contribution in [0.4, 0.5) is 5.82 Å². The first-order valence-electron chi connectivity index (χ1n) is 6.53. The Balaban J connectivity index is 2.06. The zero-order valence-corrected chi connectivity index (χ0v) is 12.4. The Morgan fingerprint density at radius 1 is 1.37 bits per heavy atom. The van der Waals surface area contributed by atoms with Crippen LogP contribution in [0.1, 0.15) is 26.7 Å². The molecule has 6 heteroatoms. The van der Waals surface area contributed by atoms with E-state index in [1.165, 1.54) is 6.20 Å². The molecule has 106 valence electrons. The molecule has 1 aromatic heterocycles. The third-order valence-electron chi connectivity index (χ3n) is 4.03. The Kier molecular flexibility index (Phi) is 3.82. The number of nitrogens with one attached hydrogen (secondary N) is 2. The summed E-state index contributed by atoms with van der Waals surface area (Å²) in [5.41, 5.74) is 0.158. The zero-order valence-electron chi connectivity index (χ0n) is 11.6. The van der Waals surface area contributed by atoms with E-state index in [1.807, 2.05) is 0 Å². The van der Waals surface area contributed by atoms with Crippen molar-refractivity contribution in [2.75, 3.05) is 18.9 Å². The molecule has 19 heavy (non-hydrogen) atoms. The molecule has 0 spiro atoms. The average molecular weight is 283 g/mol. The number of hydrogen-bond donors (Lipinski definition) is 2. The second-order valence-corrected chi connectivity index (χ2v) is 7.24. The topological polar surface area (TPSA) is 71.1 Å². The zero-order chi connectivity index (χ0) is 14.1. The third kappa shape index (κ3) is 3.06. The van der Waals surface area contributed by atoms with Gasteiger partial charge < -0.3 is 5.32 Å². The Hall–Kier alpha value is -1.14. The lowest BCUT2D eigenvalue weighted by Gasteiger charge is -2.19. The molecule has 1 heterocycles. The van der Waals surface area contributed by atoms with Crippen molar-refractivity contribution in [3.8, 4) is 0 Å². The van der Waals surface area contributed by atoms with E-state index in [9.17, 15) is 8.42 Å². The van der Waals surface area contributed by atoms with E-state index in [1.54, 1.807) is 19.2 Å². The van der Waals surface area contributed by atoms with Gasteiger partial charge in [-0.2, -0.15) is 0 Å². The fourth-order valence-corrected chi connectivity index (χ4v) is 3.21. The van der Waals surface area contributed by atoms with Crippen LogP contribution < -0.4 is 10.0 Å².